The number of hydrogen-bond donors (Lipinski definition) is 0. The first-order chi connectivity index (χ1) is 39.1. The number of pyridine rings is 5. The van der Waals surface area contributed by atoms with Gasteiger partial charge in [-0.05, 0) is 167 Å². The fourth-order valence-corrected chi connectivity index (χ4v) is 8.76. The Morgan fingerprint density at radius 1 is 0.317 bits per heavy atom. The van der Waals surface area contributed by atoms with Gasteiger partial charge in [0.05, 0.1) is 63.5 Å². The molecule has 8 aromatic rings. The summed E-state index contributed by atoms with van der Waals surface area (Å²) in [7, 11) is 0. The summed E-state index contributed by atoms with van der Waals surface area (Å²) in [5, 5.41) is 68.3. The van der Waals surface area contributed by atoms with Gasteiger partial charge < -0.3 is 48.3 Å². The van der Waals surface area contributed by atoms with E-state index in [2.05, 4.69) is 83.5 Å². The van der Waals surface area contributed by atoms with Crippen LogP contribution in [0.15, 0.2) is 190 Å². The Morgan fingerprint density at radius 3 is 0.695 bits per heavy atom. The van der Waals surface area contributed by atoms with E-state index in [1.54, 1.807) is 110 Å². The molecular weight excluding hydrogens is 1150 g/mol. The molecule has 3 aliphatic heterocycles. The number of fused-ring (bicyclic) bond motifs is 6. The summed E-state index contributed by atoms with van der Waals surface area (Å²) in [6.07, 6.45) is 22.1. The summed E-state index contributed by atoms with van der Waals surface area (Å²) < 4.78 is 38.1. The Hall–Kier alpha value is -9.03. The average molecular weight is 1200 g/mol. The normalized spacial score (nSPS) is 18.7. The predicted octanol–water partition coefficient (Wildman–Crippen LogP) is 5.98. The van der Waals surface area contributed by atoms with Crippen molar-refractivity contribution in [2.75, 3.05) is 26.2 Å². The van der Waals surface area contributed by atoms with Crippen LogP contribution in [-0.4, -0.2) is 106 Å². The van der Waals surface area contributed by atoms with Crippen LogP contribution < -0.4 is 26.2 Å². The molecule has 0 spiro atoms. The minimum atomic E-state index is -3.48. The zero-order valence-corrected chi connectivity index (χ0v) is 51.3. The van der Waals surface area contributed by atoms with E-state index >= 15 is 0 Å². The fraction of sp³-hybridized carbons (Fsp3) is 0.140. The van der Waals surface area contributed by atoms with Crippen LogP contribution in [0, 0.1) is 0 Å². The van der Waals surface area contributed by atoms with Crippen molar-refractivity contribution in [3.63, 3.8) is 0 Å². The van der Waals surface area contributed by atoms with Gasteiger partial charge >= 0.3 is 52.5 Å². The third-order valence-corrected chi connectivity index (χ3v) is 13.7. The largest absolute Gasteiger partial charge is 2.00 e. The van der Waals surface area contributed by atoms with Gasteiger partial charge in [-0.15, -0.1) is 30.9 Å². The molecule has 0 radical (unpaired) electrons. The minimum Gasteiger partial charge on any atom is -0.872 e. The second kappa shape index (κ2) is 28.4. The molecule has 3 aromatic carbocycles. The average Bonchev–Trinajstić information content (AvgIpc) is 3.55. The summed E-state index contributed by atoms with van der Waals surface area (Å²) in [6, 6.07) is 25.9. The maximum Gasteiger partial charge on any atom is 2.00 e. The number of quaternary nitrogens is 1. The molecule has 21 nitrogen and oxygen atoms in total. The molecule has 0 atom stereocenters. The molecule has 0 unspecified atom stereocenters. The Kier molecular flexibility index (Phi) is 21.0. The van der Waals surface area contributed by atoms with Crippen LogP contribution in [0.3, 0.4) is 0 Å². The minimum absolute atomic E-state index is 0. The smallest absolute Gasteiger partial charge is 0.872 e. The summed E-state index contributed by atoms with van der Waals surface area (Å²) >= 11 is 0. The van der Waals surface area contributed by atoms with Crippen molar-refractivity contribution in [3.8, 4) is 50.6 Å². The third-order valence-electron chi connectivity index (χ3n) is 13.7. The topological polar surface area (TPSA) is 263 Å². The van der Waals surface area contributed by atoms with E-state index in [1.807, 2.05) is 0 Å². The fourth-order valence-electron chi connectivity index (χ4n) is 8.76. The second-order valence-corrected chi connectivity index (χ2v) is 18.2. The molecular formula is C57H52B2N12O9Zn2. The number of aromatic nitrogens is 5. The van der Waals surface area contributed by atoms with Crippen LogP contribution in [0.25, 0.3) is 33.4 Å². The molecule has 404 valence electrons. The van der Waals surface area contributed by atoms with Gasteiger partial charge in [-0.2, -0.15) is 0 Å². The Morgan fingerprint density at radius 2 is 0.512 bits per heavy atom. The van der Waals surface area contributed by atoms with Crippen LogP contribution in [0.4, 0.5) is 0 Å². The molecule has 3 aliphatic rings. The number of hydrogen-bond acceptors (Lipinski definition) is 20. The molecule has 11 rings (SSSR count). The Balaban J connectivity index is 0.000000812. The monoisotopic (exact) mass is 1200 g/mol. The number of nitrogens with zero attached hydrogens (tertiary/aromatic N) is 12. The van der Waals surface area contributed by atoms with Gasteiger partial charge in [-0.1, -0.05) is 52.4 Å². The summed E-state index contributed by atoms with van der Waals surface area (Å²) in [6.45, 7) is 7.25. The van der Waals surface area contributed by atoms with Crippen molar-refractivity contribution in [2.45, 2.75) is 27.7 Å². The number of benzene rings is 3. The molecule has 82 heavy (non-hydrogen) atoms. The molecule has 0 saturated carbocycles. The predicted molar refractivity (Wildman–Crippen MR) is 301 cm³/mol. The first-order valence-electron chi connectivity index (χ1n) is 25.6. The maximum absolute atomic E-state index is 14.3. The zero-order valence-electron chi connectivity index (χ0n) is 45.4. The van der Waals surface area contributed by atoms with Crippen molar-refractivity contribution in [2.24, 2.45) is 30.9 Å². The van der Waals surface area contributed by atoms with E-state index < -0.39 is 30.8 Å². The molecule has 0 saturated heterocycles. The summed E-state index contributed by atoms with van der Waals surface area (Å²) in [5.74, 6) is -1.70. The van der Waals surface area contributed by atoms with Crippen molar-refractivity contribution in [3.05, 3.63) is 192 Å². The first kappa shape index (κ1) is 60.6. The van der Waals surface area contributed by atoms with Gasteiger partial charge in [0.1, 0.15) is 0 Å². The number of oxime groups is 6. The van der Waals surface area contributed by atoms with E-state index in [0.717, 1.165) is 37.3 Å². The number of rotatable bonds is 9. The van der Waals surface area contributed by atoms with Crippen LogP contribution in [-0.2, 0) is 67.5 Å². The maximum atomic E-state index is 14.3. The van der Waals surface area contributed by atoms with Gasteiger partial charge in [0, 0.05) is 62.0 Å². The van der Waals surface area contributed by atoms with Gasteiger partial charge in [0.15, 0.2) is 0 Å². The van der Waals surface area contributed by atoms with Gasteiger partial charge in [-0.3, -0.25) is 24.9 Å². The SMILES string of the molecule is CC[N+](CC)(CC)CC.[O-]c1c2cc(-c3ccncc3)cc1/C=N/O[B-]1(c3ccncc3)O/N=C/c3cc(-c4ccncc4)cc(c3[O-])/C=N/O[B-](c3ccncc3)(O/N=C/2)O/N=C/c2cc(-c3ccncc3)cc(c2[O-])/C=N/O1.[Zn+2].[Zn+2]. The Bertz CT molecular complexity index is 3110. The van der Waals surface area contributed by atoms with E-state index in [4.69, 9.17) is 28.5 Å². The van der Waals surface area contributed by atoms with Gasteiger partial charge in [-0.25, -0.2) is 0 Å². The van der Waals surface area contributed by atoms with Crippen molar-refractivity contribution >= 4 is 61.7 Å². The second-order valence-electron chi connectivity index (χ2n) is 18.2. The van der Waals surface area contributed by atoms with Crippen LogP contribution >= 0.6 is 0 Å². The van der Waals surface area contributed by atoms with E-state index in [1.165, 1.54) is 79.7 Å². The molecule has 8 heterocycles. The van der Waals surface area contributed by atoms with Crippen molar-refractivity contribution < 1.29 is 87.3 Å². The molecule has 0 fully saturated rings. The van der Waals surface area contributed by atoms with Gasteiger partial charge in [0.25, 0.3) is 0 Å². The molecule has 0 N–H and O–H groups in total. The quantitative estimate of drug-likeness (QED) is 0.119. The van der Waals surface area contributed by atoms with Crippen molar-refractivity contribution in [1.29, 1.82) is 0 Å². The van der Waals surface area contributed by atoms with Crippen LogP contribution in [0.1, 0.15) is 61.1 Å². The van der Waals surface area contributed by atoms with Crippen LogP contribution in [0.2, 0.25) is 0 Å². The van der Waals surface area contributed by atoms with E-state index in [-0.39, 0.29) is 83.3 Å². The van der Waals surface area contributed by atoms with E-state index in [0.29, 0.717) is 33.4 Å². The van der Waals surface area contributed by atoms with E-state index in [9.17, 15) is 15.3 Å². The Labute approximate surface area is 498 Å². The zero-order chi connectivity index (χ0) is 55.8. The van der Waals surface area contributed by atoms with Crippen LogP contribution in [0.5, 0.6) is 17.2 Å². The first-order valence-corrected chi connectivity index (χ1v) is 25.6. The molecule has 5 aromatic heterocycles. The molecule has 25 heteroatoms. The standard InChI is InChI=1S/C49H35B2N11O9.C8H20N.2Zn/c63-47-39-21-36(33-1-11-52-12-2-33)22-40(47)28-58-67-51(46-9-19-56-20-10-46)69-60-30-42-24-37(34-3-13-53-14-4-34)23-41(48(42)64)29-59-68-50(66-57-27-39,45-7-17-55-18-8-45)70-61-31-43-25-38(35-5-15-54-16-6-35)26-44(49(43)65)32-62-71-51;1-5-9(6-2,7-3)8-4;;/h1-32,63-65H;5-8H2,1-4H3;;/q-2;+1;2*+2/p-3/b57-27+,58-28+,59-29+,60-30+,61-31+,62-32+;;;. The van der Waals surface area contributed by atoms with Gasteiger partial charge in [0.2, 0.25) is 0 Å². The third kappa shape index (κ3) is 14.1. The molecule has 0 amide bonds. The molecule has 8 bridgehead atoms. The molecule has 0 aliphatic carbocycles. The van der Waals surface area contributed by atoms with Crippen molar-refractivity contribution in [1.82, 2.24) is 24.9 Å². The summed E-state index contributed by atoms with van der Waals surface area (Å²) in [4.78, 5) is 20.6. The summed E-state index contributed by atoms with van der Waals surface area (Å²) in [5.41, 5.74) is 4.11.